The van der Waals surface area contributed by atoms with Crippen LogP contribution in [0.3, 0.4) is 0 Å². The van der Waals surface area contributed by atoms with Crippen molar-refractivity contribution in [3.8, 4) is 23.0 Å². The summed E-state index contributed by atoms with van der Waals surface area (Å²) in [5, 5.41) is 0. The first-order valence-electron chi connectivity index (χ1n) is 12.8. The maximum Gasteiger partial charge on any atom is 0.328 e. The summed E-state index contributed by atoms with van der Waals surface area (Å²) in [6.07, 6.45) is 2.97. The van der Waals surface area contributed by atoms with Gasteiger partial charge in [-0.05, 0) is 67.5 Å². The van der Waals surface area contributed by atoms with Gasteiger partial charge in [-0.25, -0.2) is 4.79 Å². The van der Waals surface area contributed by atoms with Crippen molar-refractivity contribution in [1.82, 2.24) is 4.90 Å². The fourth-order valence-electron chi connectivity index (χ4n) is 4.79. The number of likely N-dealkylation sites (tertiary alicyclic amines) is 1. The number of carbonyl (C=O) groups is 2. The van der Waals surface area contributed by atoms with E-state index < -0.39 is 12.0 Å². The Labute approximate surface area is 219 Å². The Bertz CT molecular complexity index is 1030. The minimum Gasteiger partial charge on any atom is -0.497 e. The quantitative estimate of drug-likeness (QED) is 0.311. The maximum atomic E-state index is 13.8. The van der Waals surface area contributed by atoms with Crippen molar-refractivity contribution in [2.45, 2.75) is 57.4 Å². The normalized spacial score (nSPS) is 18.1. The summed E-state index contributed by atoms with van der Waals surface area (Å²) in [7, 11) is 6.26. The van der Waals surface area contributed by atoms with Gasteiger partial charge in [0.2, 0.25) is 11.7 Å². The molecule has 1 amide bonds. The van der Waals surface area contributed by atoms with Crippen LogP contribution in [0, 0.1) is 0 Å². The number of hydrogen-bond acceptors (Lipinski definition) is 7. The highest BCUT2D eigenvalue weighted by molar-refractivity contribution is 5.89. The van der Waals surface area contributed by atoms with Crippen LogP contribution < -0.4 is 18.9 Å². The summed E-state index contributed by atoms with van der Waals surface area (Å²) >= 11 is 0. The highest BCUT2D eigenvalue weighted by Crippen LogP contribution is 2.41. The van der Waals surface area contributed by atoms with Gasteiger partial charge in [-0.2, -0.15) is 0 Å². The van der Waals surface area contributed by atoms with Gasteiger partial charge in [0.1, 0.15) is 11.8 Å². The van der Waals surface area contributed by atoms with Gasteiger partial charge in [-0.1, -0.05) is 25.5 Å². The zero-order valence-electron chi connectivity index (χ0n) is 22.7. The predicted molar refractivity (Wildman–Crippen MR) is 141 cm³/mol. The molecule has 0 aliphatic carbocycles. The third-order valence-electron chi connectivity index (χ3n) is 7.04. The molecule has 2 aromatic rings. The largest absolute Gasteiger partial charge is 0.497 e. The van der Waals surface area contributed by atoms with E-state index in [1.165, 1.54) is 7.11 Å². The zero-order valence-corrected chi connectivity index (χ0v) is 22.7. The summed E-state index contributed by atoms with van der Waals surface area (Å²) in [5.74, 6) is 1.32. The highest BCUT2D eigenvalue weighted by atomic mass is 16.5. The Morgan fingerprint density at radius 1 is 0.973 bits per heavy atom. The van der Waals surface area contributed by atoms with Crippen molar-refractivity contribution in [3.63, 3.8) is 0 Å². The first-order valence-corrected chi connectivity index (χ1v) is 12.8. The van der Waals surface area contributed by atoms with Crippen LogP contribution in [0.15, 0.2) is 36.4 Å². The maximum absolute atomic E-state index is 13.8. The number of benzene rings is 2. The van der Waals surface area contributed by atoms with Crippen LogP contribution in [0.2, 0.25) is 0 Å². The molecule has 2 unspecified atom stereocenters. The summed E-state index contributed by atoms with van der Waals surface area (Å²) in [6.45, 7) is 4.68. The summed E-state index contributed by atoms with van der Waals surface area (Å²) in [4.78, 5) is 28.7. The number of ether oxygens (including phenoxy) is 5. The molecule has 1 aliphatic rings. The van der Waals surface area contributed by atoms with Gasteiger partial charge < -0.3 is 28.6 Å². The molecule has 8 heteroatoms. The number of unbranched alkanes of at least 4 members (excludes halogenated alkanes) is 1. The Morgan fingerprint density at radius 2 is 1.62 bits per heavy atom. The first-order chi connectivity index (χ1) is 17.9. The Kier molecular flexibility index (Phi) is 10.1. The second-order valence-electron chi connectivity index (χ2n) is 9.24. The third kappa shape index (κ3) is 6.48. The Balaban J connectivity index is 1.87. The number of hydrogen-bond donors (Lipinski definition) is 0. The molecule has 1 heterocycles. The molecule has 0 saturated carbocycles. The summed E-state index contributed by atoms with van der Waals surface area (Å²) < 4.78 is 27.3. The molecule has 1 aliphatic heterocycles. The molecule has 1 fully saturated rings. The molecule has 3 rings (SSSR count). The predicted octanol–water partition coefficient (Wildman–Crippen LogP) is 4.94. The summed E-state index contributed by atoms with van der Waals surface area (Å²) in [6, 6.07) is 10.8. The van der Waals surface area contributed by atoms with Crippen molar-refractivity contribution in [2.24, 2.45) is 0 Å². The van der Waals surface area contributed by atoms with Crippen molar-refractivity contribution in [2.75, 3.05) is 41.6 Å². The van der Waals surface area contributed by atoms with Crippen molar-refractivity contribution in [1.29, 1.82) is 0 Å². The topological polar surface area (TPSA) is 83.5 Å². The van der Waals surface area contributed by atoms with E-state index in [1.807, 2.05) is 38.1 Å². The Hall–Kier alpha value is -3.42. The van der Waals surface area contributed by atoms with Crippen molar-refractivity contribution >= 4 is 11.9 Å². The SMILES string of the molecule is CCCCOC(=O)[C@@H]1CC(c2ccc(OC)cc2)CCN1C(=O)C(C)c1cc(OC)c(OC)c(OC)c1. The molecule has 1 saturated heterocycles. The number of esters is 1. The van der Waals surface area contributed by atoms with E-state index in [1.54, 1.807) is 38.4 Å². The van der Waals surface area contributed by atoms with E-state index in [0.717, 1.165) is 36.1 Å². The van der Waals surface area contributed by atoms with Crippen molar-refractivity contribution < 1.29 is 33.3 Å². The number of piperidine rings is 1. The Morgan fingerprint density at radius 3 is 2.16 bits per heavy atom. The molecule has 3 atom stereocenters. The van der Waals surface area contributed by atoms with Gasteiger partial charge in [0.15, 0.2) is 11.5 Å². The van der Waals surface area contributed by atoms with Gasteiger partial charge >= 0.3 is 5.97 Å². The lowest BCUT2D eigenvalue weighted by Crippen LogP contribution is -2.51. The van der Waals surface area contributed by atoms with Crippen LogP contribution in [-0.2, 0) is 14.3 Å². The van der Waals surface area contributed by atoms with Crippen LogP contribution in [0.1, 0.15) is 62.5 Å². The molecule has 0 radical (unpaired) electrons. The number of amides is 1. The van der Waals surface area contributed by atoms with E-state index >= 15 is 0 Å². The van der Waals surface area contributed by atoms with Crippen LogP contribution in [0.25, 0.3) is 0 Å². The van der Waals surface area contributed by atoms with E-state index in [-0.39, 0.29) is 17.8 Å². The number of methoxy groups -OCH3 is 4. The third-order valence-corrected chi connectivity index (χ3v) is 7.04. The van der Waals surface area contributed by atoms with Gasteiger partial charge in [0.05, 0.1) is 41.0 Å². The first kappa shape index (κ1) is 28.2. The van der Waals surface area contributed by atoms with Crippen LogP contribution in [-0.4, -0.2) is 64.4 Å². The van der Waals surface area contributed by atoms with Gasteiger partial charge in [0.25, 0.3) is 0 Å². The average molecular weight is 514 g/mol. The number of rotatable bonds is 11. The van der Waals surface area contributed by atoms with E-state index in [2.05, 4.69) is 0 Å². The molecule has 0 spiro atoms. The van der Waals surface area contributed by atoms with Gasteiger partial charge in [-0.15, -0.1) is 0 Å². The minimum absolute atomic E-state index is 0.134. The lowest BCUT2D eigenvalue weighted by atomic mass is 9.84. The molecule has 2 aromatic carbocycles. The fraction of sp³-hybridized carbons (Fsp3) is 0.517. The average Bonchev–Trinajstić information content (AvgIpc) is 2.95. The van der Waals surface area contributed by atoms with Crippen LogP contribution in [0.5, 0.6) is 23.0 Å². The lowest BCUT2D eigenvalue weighted by Gasteiger charge is -2.39. The molecular formula is C29H39NO7. The number of carbonyl (C=O) groups excluding carboxylic acids is 2. The van der Waals surface area contributed by atoms with Gasteiger partial charge in [0, 0.05) is 6.54 Å². The highest BCUT2D eigenvalue weighted by Gasteiger charge is 2.39. The van der Waals surface area contributed by atoms with Crippen LogP contribution in [0.4, 0.5) is 0 Å². The lowest BCUT2D eigenvalue weighted by molar-refractivity contribution is -0.158. The second-order valence-corrected chi connectivity index (χ2v) is 9.24. The molecule has 0 N–H and O–H groups in total. The summed E-state index contributed by atoms with van der Waals surface area (Å²) in [5.41, 5.74) is 1.84. The van der Waals surface area contributed by atoms with E-state index in [4.69, 9.17) is 23.7 Å². The second kappa shape index (κ2) is 13.2. The number of nitrogens with zero attached hydrogens (tertiary/aromatic N) is 1. The molecule has 202 valence electrons. The standard InChI is InChI=1S/C29H39NO7/c1-7-8-15-37-29(32)24-16-21(20-9-11-23(33-3)12-10-20)13-14-30(24)28(31)19(2)22-17-25(34-4)27(36-6)26(18-22)35-5/h9-12,17-19,21,24H,7-8,13-16H2,1-6H3/t19?,21?,24-/m0/s1. The molecule has 37 heavy (non-hydrogen) atoms. The smallest absolute Gasteiger partial charge is 0.328 e. The van der Waals surface area contributed by atoms with Gasteiger partial charge in [-0.3, -0.25) is 4.79 Å². The molecule has 0 aromatic heterocycles. The minimum atomic E-state index is -0.658. The molecule has 8 nitrogen and oxygen atoms in total. The van der Waals surface area contributed by atoms with E-state index in [9.17, 15) is 9.59 Å². The molecular weight excluding hydrogens is 474 g/mol. The van der Waals surface area contributed by atoms with Crippen LogP contribution >= 0.6 is 0 Å². The molecule has 0 bridgehead atoms. The van der Waals surface area contributed by atoms with E-state index in [0.29, 0.717) is 36.8 Å². The zero-order chi connectivity index (χ0) is 26.9. The fourth-order valence-corrected chi connectivity index (χ4v) is 4.79. The monoisotopic (exact) mass is 513 g/mol. The van der Waals surface area contributed by atoms with Crippen molar-refractivity contribution in [3.05, 3.63) is 47.5 Å².